The zero-order valence-corrected chi connectivity index (χ0v) is 22.2. The number of hydrogen-bond donors (Lipinski definition) is 2. The van der Waals surface area contributed by atoms with Crippen LogP contribution in [0.4, 0.5) is 0 Å². The molecule has 2 amide bonds. The Bertz CT molecular complexity index is 1230. The quantitative estimate of drug-likeness (QED) is 0.415. The molecule has 0 spiro atoms. The average molecular weight is 504 g/mol. The van der Waals surface area contributed by atoms with Crippen molar-refractivity contribution < 1.29 is 14.0 Å². The largest absolute Gasteiger partial charge is 0.446 e. The van der Waals surface area contributed by atoms with Crippen LogP contribution in [0.5, 0.6) is 0 Å². The predicted molar refractivity (Wildman–Crippen MR) is 142 cm³/mol. The Kier molecular flexibility index (Phi) is 8.38. The second-order valence-electron chi connectivity index (χ2n) is 10.7. The fourth-order valence-corrected chi connectivity index (χ4v) is 4.54. The summed E-state index contributed by atoms with van der Waals surface area (Å²) in [6.45, 7) is 11.2. The Morgan fingerprint density at radius 3 is 2.70 bits per heavy atom. The second-order valence-corrected chi connectivity index (χ2v) is 10.7. The summed E-state index contributed by atoms with van der Waals surface area (Å²) < 4.78 is 5.55. The van der Waals surface area contributed by atoms with Crippen molar-refractivity contribution in [3.63, 3.8) is 0 Å². The van der Waals surface area contributed by atoms with Crippen molar-refractivity contribution in [3.8, 4) is 0 Å². The van der Waals surface area contributed by atoms with Gasteiger partial charge in [0.05, 0.1) is 16.8 Å². The monoisotopic (exact) mass is 503 g/mol. The lowest BCUT2D eigenvalue weighted by atomic mass is 9.86. The summed E-state index contributed by atoms with van der Waals surface area (Å²) in [6.07, 6.45) is 7.07. The van der Waals surface area contributed by atoms with Gasteiger partial charge in [-0.2, -0.15) is 0 Å². The van der Waals surface area contributed by atoms with Gasteiger partial charge in [-0.25, -0.2) is 4.98 Å². The van der Waals surface area contributed by atoms with Crippen LogP contribution >= 0.6 is 0 Å². The van der Waals surface area contributed by atoms with E-state index in [1.165, 1.54) is 23.5 Å². The van der Waals surface area contributed by atoms with E-state index in [-0.39, 0.29) is 23.3 Å². The van der Waals surface area contributed by atoms with Crippen LogP contribution in [0.2, 0.25) is 0 Å². The van der Waals surface area contributed by atoms with Crippen LogP contribution in [-0.2, 0) is 12.0 Å². The van der Waals surface area contributed by atoms with Gasteiger partial charge in [-0.3, -0.25) is 14.6 Å². The van der Waals surface area contributed by atoms with Gasteiger partial charge in [0, 0.05) is 32.0 Å². The first kappa shape index (κ1) is 26.5. The first-order chi connectivity index (χ1) is 17.7. The van der Waals surface area contributed by atoms with Crippen molar-refractivity contribution in [2.24, 2.45) is 0 Å². The van der Waals surface area contributed by atoms with Crippen LogP contribution in [0.25, 0.3) is 0 Å². The SMILES string of the molecule is Cc1coc(C2CCCN2C(=O)c2cncc(C(=O)NCCCNCc3cccc(C(C)(C)C)c3)c2)n1. The zero-order chi connectivity index (χ0) is 26.4. The summed E-state index contributed by atoms with van der Waals surface area (Å²) in [6, 6.07) is 10.1. The Morgan fingerprint density at radius 2 is 1.95 bits per heavy atom. The number of rotatable bonds is 9. The van der Waals surface area contributed by atoms with E-state index in [0.717, 1.165) is 38.0 Å². The molecule has 0 saturated carbocycles. The molecule has 0 aliphatic carbocycles. The molecule has 8 heteroatoms. The molecule has 3 heterocycles. The minimum Gasteiger partial charge on any atom is -0.446 e. The highest BCUT2D eigenvalue weighted by atomic mass is 16.3. The number of carbonyl (C=O) groups is 2. The summed E-state index contributed by atoms with van der Waals surface area (Å²) in [5.74, 6) is 0.155. The lowest BCUT2D eigenvalue weighted by Crippen LogP contribution is -2.31. The van der Waals surface area contributed by atoms with Crippen molar-refractivity contribution in [3.05, 3.63) is 82.8 Å². The third kappa shape index (κ3) is 6.83. The zero-order valence-electron chi connectivity index (χ0n) is 22.2. The summed E-state index contributed by atoms with van der Waals surface area (Å²) in [4.78, 5) is 36.2. The van der Waals surface area contributed by atoms with Gasteiger partial charge in [0.15, 0.2) is 0 Å². The molecule has 196 valence electrons. The lowest BCUT2D eigenvalue weighted by Gasteiger charge is -2.22. The van der Waals surface area contributed by atoms with Crippen LogP contribution in [0.3, 0.4) is 0 Å². The number of amides is 2. The van der Waals surface area contributed by atoms with Crippen molar-refractivity contribution in [2.45, 2.75) is 65.0 Å². The smallest absolute Gasteiger partial charge is 0.256 e. The van der Waals surface area contributed by atoms with E-state index in [1.54, 1.807) is 17.2 Å². The Hall–Kier alpha value is -3.52. The number of likely N-dealkylation sites (tertiary alicyclic amines) is 1. The molecule has 0 bridgehead atoms. The van der Waals surface area contributed by atoms with Crippen LogP contribution in [0.1, 0.15) is 89.5 Å². The Morgan fingerprint density at radius 1 is 1.14 bits per heavy atom. The predicted octanol–water partition coefficient (Wildman–Crippen LogP) is 4.56. The number of nitrogens with zero attached hydrogens (tertiary/aromatic N) is 3. The molecule has 1 aliphatic heterocycles. The van der Waals surface area contributed by atoms with Gasteiger partial charge < -0.3 is 20.0 Å². The van der Waals surface area contributed by atoms with E-state index in [4.69, 9.17) is 4.42 Å². The van der Waals surface area contributed by atoms with Gasteiger partial charge in [0.25, 0.3) is 11.8 Å². The van der Waals surface area contributed by atoms with Crippen LogP contribution in [0, 0.1) is 6.92 Å². The second kappa shape index (κ2) is 11.7. The molecule has 1 aromatic carbocycles. The summed E-state index contributed by atoms with van der Waals surface area (Å²) in [7, 11) is 0. The minimum atomic E-state index is -0.235. The molecule has 8 nitrogen and oxygen atoms in total. The molecule has 3 aromatic rings. The summed E-state index contributed by atoms with van der Waals surface area (Å²) >= 11 is 0. The van der Waals surface area contributed by atoms with Crippen LogP contribution < -0.4 is 10.6 Å². The van der Waals surface area contributed by atoms with E-state index in [9.17, 15) is 9.59 Å². The minimum absolute atomic E-state index is 0.128. The number of carbonyl (C=O) groups excluding carboxylic acids is 2. The molecule has 37 heavy (non-hydrogen) atoms. The first-order valence-corrected chi connectivity index (χ1v) is 13.0. The van der Waals surface area contributed by atoms with Gasteiger partial charge >= 0.3 is 0 Å². The molecule has 2 aromatic heterocycles. The number of hydrogen-bond acceptors (Lipinski definition) is 6. The molecular weight excluding hydrogens is 466 g/mol. The van der Waals surface area contributed by atoms with Gasteiger partial charge in [0.2, 0.25) is 5.89 Å². The normalized spacial score (nSPS) is 15.7. The average Bonchev–Trinajstić information content (AvgIpc) is 3.54. The fraction of sp³-hybridized carbons (Fsp3) is 0.448. The fourth-order valence-electron chi connectivity index (χ4n) is 4.54. The highest BCUT2D eigenvalue weighted by Crippen LogP contribution is 2.32. The topological polar surface area (TPSA) is 100 Å². The maximum atomic E-state index is 13.2. The van der Waals surface area contributed by atoms with E-state index >= 15 is 0 Å². The summed E-state index contributed by atoms with van der Waals surface area (Å²) in [5, 5.41) is 6.37. The van der Waals surface area contributed by atoms with Gasteiger partial charge in [-0.05, 0) is 55.3 Å². The highest BCUT2D eigenvalue weighted by Gasteiger charge is 2.34. The standard InChI is InChI=1S/C29H37N5O3/c1-20-19-37-27(33-20)25-10-6-13-34(25)28(36)23-15-22(17-31-18-23)26(35)32-12-7-11-30-16-21-8-5-9-24(14-21)29(2,3)4/h5,8-9,14-15,17-19,25,30H,6-7,10-13,16H2,1-4H3,(H,32,35). The van der Waals surface area contributed by atoms with Gasteiger partial charge in [0.1, 0.15) is 12.3 Å². The summed E-state index contributed by atoms with van der Waals surface area (Å²) in [5.41, 5.74) is 4.26. The molecule has 1 unspecified atom stereocenters. The number of benzene rings is 1. The van der Waals surface area contributed by atoms with Crippen molar-refractivity contribution in [1.82, 2.24) is 25.5 Å². The molecule has 4 rings (SSSR count). The molecular formula is C29H37N5O3. The Balaban J connectivity index is 1.25. The maximum Gasteiger partial charge on any atom is 0.256 e. The Labute approximate surface area is 218 Å². The maximum absolute atomic E-state index is 13.2. The first-order valence-electron chi connectivity index (χ1n) is 13.0. The molecule has 1 saturated heterocycles. The molecule has 1 aliphatic rings. The van der Waals surface area contributed by atoms with Gasteiger partial charge in [-0.15, -0.1) is 0 Å². The lowest BCUT2D eigenvalue weighted by molar-refractivity contribution is 0.0715. The van der Waals surface area contributed by atoms with E-state index < -0.39 is 0 Å². The van der Waals surface area contributed by atoms with Crippen molar-refractivity contribution in [1.29, 1.82) is 0 Å². The molecule has 0 radical (unpaired) electrons. The van der Waals surface area contributed by atoms with Crippen LogP contribution in [-0.4, -0.2) is 46.3 Å². The number of nitrogens with one attached hydrogen (secondary N) is 2. The molecule has 1 fully saturated rings. The number of aryl methyl sites for hydroxylation is 1. The van der Waals surface area contributed by atoms with Crippen LogP contribution in [0.15, 0.2) is 53.4 Å². The van der Waals surface area contributed by atoms with Crippen molar-refractivity contribution in [2.75, 3.05) is 19.6 Å². The number of oxazole rings is 1. The highest BCUT2D eigenvalue weighted by molar-refractivity contribution is 5.99. The molecule has 1 atom stereocenters. The number of pyridine rings is 1. The third-order valence-corrected chi connectivity index (χ3v) is 6.62. The van der Waals surface area contributed by atoms with Crippen molar-refractivity contribution >= 4 is 11.8 Å². The van der Waals surface area contributed by atoms with E-state index in [0.29, 0.717) is 30.1 Å². The molecule has 2 N–H and O–H groups in total. The van der Waals surface area contributed by atoms with Gasteiger partial charge in [-0.1, -0.05) is 45.0 Å². The third-order valence-electron chi connectivity index (χ3n) is 6.62. The van der Waals surface area contributed by atoms with E-state index in [2.05, 4.69) is 65.6 Å². The van der Waals surface area contributed by atoms with E-state index in [1.807, 2.05) is 6.92 Å². The number of aromatic nitrogens is 2.